The monoisotopic (exact) mass is 215 g/mol. The van der Waals surface area contributed by atoms with Crippen molar-refractivity contribution in [2.24, 2.45) is 0 Å². The highest BCUT2D eigenvalue weighted by atomic mass is 79.9. The molecular weight excluding hydrogens is 209 g/mol. The van der Waals surface area contributed by atoms with Crippen LogP contribution in [0, 0.1) is 6.92 Å². The van der Waals surface area contributed by atoms with Crippen molar-refractivity contribution in [1.82, 2.24) is 4.98 Å². The first kappa shape index (κ1) is 8.71. The van der Waals surface area contributed by atoms with Crippen LogP contribution in [0.2, 0.25) is 0 Å². The molecule has 0 spiro atoms. The number of hydrogen-bond donors (Lipinski definition) is 2. The molecule has 0 saturated heterocycles. The van der Waals surface area contributed by atoms with E-state index in [4.69, 9.17) is 10.0 Å². The van der Waals surface area contributed by atoms with E-state index >= 15 is 0 Å². The molecule has 1 aromatic rings. The Balaban J connectivity index is 3.17. The maximum atomic E-state index is 8.80. The largest absolute Gasteiger partial charge is 0.508 e. The van der Waals surface area contributed by atoms with Crippen LogP contribution in [0.5, 0.6) is 0 Å². The van der Waals surface area contributed by atoms with Crippen molar-refractivity contribution in [1.29, 1.82) is 0 Å². The molecule has 0 aromatic carbocycles. The Bertz CT molecular complexity index is 267. The summed E-state index contributed by atoms with van der Waals surface area (Å²) >= 11 is 3.25. The summed E-state index contributed by atoms with van der Waals surface area (Å²) in [7, 11) is -1.49. The first-order chi connectivity index (χ1) is 5.13. The molecule has 0 radical (unpaired) electrons. The lowest BCUT2D eigenvalue weighted by Crippen LogP contribution is -2.34. The zero-order valence-corrected chi connectivity index (χ0v) is 7.54. The number of hydrogen-bond acceptors (Lipinski definition) is 3. The fourth-order valence-electron chi connectivity index (χ4n) is 0.787. The van der Waals surface area contributed by atoms with E-state index in [1.165, 1.54) is 6.20 Å². The van der Waals surface area contributed by atoms with E-state index in [0.29, 0.717) is 5.59 Å². The Labute approximate surface area is 73.4 Å². The van der Waals surface area contributed by atoms with Crippen molar-refractivity contribution in [2.75, 3.05) is 0 Å². The van der Waals surface area contributed by atoms with Crippen molar-refractivity contribution < 1.29 is 10.0 Å². The standard InChI is InChI=1S/C6H7BBrNO2/c1-4-5(8)2-3-9-6(4)7(10)11/h2-3,10-11H,1H3. The molecule has 1 heterocycles. The highest BCUT2D eigenvalue weighted by Crippen LogP contribution is 2.11. The molecule has 0 bridgehead atoms. The van der Waals surface area contributed by atoms with E-state index in [1.807, 2.05) is 0 Å². The van der Waals surface area contributed by atoms with Crippen LogP contribution in [-0.2, 0) is 0 Å². The molecule has 58 valence electrons. The smallest absolute Gasteiger partial charge is 0.422 e. The fourth-order valence-corrected chi connectivity index (χ4v) is 1.11. The van der Waals surface area contributed by atoms with Gasteiger partial charge in [0.1, 0.15) is 0 Å². The average molecular weight is 216 g/mol. The second kappa shape index (κ2) is 3.34. The second-order valence-electron chi connectivity index (χ2n) is 2.18. The maximum absolute atomic E-state index is 8.80. The summed E-state index contributed by atoms with van der Waals surface area (Å²) in [6.45, 7) is 1.77. The summed E-state index contributed by atoms with van der Waals surface area (Å²) < 4.78 is 0.829. The molecular formula is C6H7BBrNO2. The zero-order chi connectivity index (χ0) is 8.43. The van der Waals surface area contributed by atoms with Crippen LogP contribution in [0.3, 0.4) is 0 Å². The Morgan fingerprint density at radius 1 is 1.55 bits per heavy atom. The van der Waals surface area contributed by atoms with Gasteiger partial charge in [-0.15, -0.1) is 0 Å². The Morgan fingerprint density at radius 3 is 2.64 bits per heavy atom. The number of pyridine rings is 1. The molecule has 0 fully saturated rings. The van der Waals surface area contributed by atoms with Gasteiger partial charge in [-0.25, -0.2) is 0 Å². The highest BCUT2D eigenvalue weighted by molar-refractivity contribution is 9.10. The minimum atomic E-state index is -1.49. The van der Waals surface area contributed by atoms with Crippen molar-refractivity contribution in [2.45, 2.75) is 6.92 Å². The third-order valence-electron chi connectivity index (χ3n) is 1.42. The Hall–Kier alpha value is -0.385. The predicted molar refractivity (Wildman–Crippen MR) is 46.5 cm³/mol. The van der Waals surface area contributed by atoms with Crippen LogP contribution in [-0.4, -0.2) is 22.2 Å². The fraction of sp³-hybridized carbons (Fsp3) is 0.167. The number of rotatable bonds is 1. The lowest BCUT2D eigenvalue weighted by molar-refractivity contribution is 0.424. The maximum Gasteiger partial charge on any atom is 0.508 e. The van der Waals surface area contributed by atoms with Crippen molar-refractivity contribution >= 4 is 28.6 Å². The lowest BCUT2D eigenvalue weighted by Gasteiger charge is -2.03. The van der Waals surface area contributed by atoms with Gasteiger partial charge >= 0.3 is 7.12 Å². The summed E-state index contributed by atoms with van der Waals surface area (Å²) in [5, 5.41) is 17.6. The normalized spacial score (nSPS) is 9.82. The van der Waals surface area contributed by atoms with E-state index in [2.05, 4.69) is 20.9 Å². The van der Waals surface area contributed by atoms with Crippen LogP contribution < -0.4 is 5.59 Å². The molecule has 0 amide bonds. The van der Waals surface area contributed by atoms with Gasteiger partial charge in [0.15, 0.2) is 0 Å². The summed E-state index contributed by atoms with van der Waals surface area (Å²) in [5.41, 5.74) is 1.04. The molecule has 3 nitrogen and oxygen atoms in total. The van der Waals surface area contributed by atoms with E-state index in [1.54, 1.807) is 13.0 Å². The molecule has 0 saturated carbocycles. The SMILES string of the molecule is Cc1c(Br)ccnc1B(O)O. The number of aromatic nitrogens is 1. The van der Waals surface area contributed by atoms with Gasteiger partial charge < -0.3 is 10.0 Å². The molecule has 0 atom stereocenters. The lowest BCUT2D eigenvalue weighted by atomic mass is 9.83. The van der Waals surface area contributed by atoms with E-state index in [9.17, 15) is 0 Å². The van der Waals surface area contributed by atoms with Crippen molar-refractivity contribution in [3.05, 3.63) is 22.3 Å². The van der Waals surface area contributed by atoms with E-state index in [0.717, 1.165) is 10.0 Å². The van der Waals surface area contributed by atoms with Gasteiger partial charge in [0, 0.05) is 10.7 Å². The van der Waals surface area contributed by atoms with Gasteiger partial charge in [0.25, 0.3) is 0 Å². The summed E-state index contributed by atoms with van der Waals surface area (Å²) in [5.74, 6) is 0. The predicted octanol–water partition coefficient (Wildman–Crippen LogP) is -0.168. The third-order valence-corrected chi connectivity index (χ3v) is 2.28. The van der Waals surface area contributed by atoms with E-state index < -0.39 is 7.12 Å². The van der Waals surface area contributed by atoms with E-state index in [-0.39, 0.29) is 0 Å². The topological polar surface area (TPSA) is 53.4 Å². The Kier molecular flexibility index (Phi) is 2.65. The van der Waals surface area contributed by atoms with Crippen molar-refractivity contribution in [3.8, 4) is 0 Å². The molecule has 11 heavy (non-hydrogen) atoms. The molecule has 5 heteroatoms. The molecule has 2 N–H and O–H groups in total. The third kappa shape index (κ3) is 1.80. The van der Waals surface area contributed by atoms with Gasteiger partial charge in [-0.05, 0) is 18.6 Å². The number of nitrogens with zero attached hydrogens (tertiary/aromatic N) is 1. The van der Waals surface area contributed by atoms with Crippen LogP contribution in [0.1, 0.15) is 5.56 Å². The zero-order valence-electron chi connectivity index (χ0n) is 5.95. The summed E-state index contributed by atoms with van der Waals surface area (Å²) in [6.07, 6.45) is 1.52. The highest BCUT2D eigenvalue weighted by Gasteiger charge is 2.16. The van der Waals surface area contributed by atoms with Gasteiger partial charge in [-0.3, -0.25) is 4.98 Å². The van der Waals surface area contributed by atoms with Gasteiger partial charge in [0.2, 0.25) is 0 Å². The van der Waals surface area contributed by atoms with Crippen LogP contribution in [0.4, 0.5) is 0 Å². The Morgan fingerprint density at radius 2 is 2.18 bits per heavy atom. The second-order valence-corrected chi connectivity index (χ2v) is 3.03. The quantitative estimate of drug-likeness (QED) is 0.640. The molecule has 1 aromatic heterocycles. The minimum absolute atomic E-state index is 0.291. The van der Waals surface area contributed by atoms with Gasteiger partial charge in [-0.1, -0.05) is 15.9 Å². The number of halogens is 1. The molecule has 0 aliphatic heterocycles. The average Bonchev–Trinajstić information content (AvgIpc) is 1.94. The van der Waals surface area contributed by atoms with Crippen LogP contribution in [0.25, 0.3) is 0 Å². The van der Waals surface area contributed by atoms with Gasteiger partial charge in [0.05, 0.1) is 5.59 Å². The first-order valence-electron chi connectivity index (χ1n) is 3.10. The van der Waals surface area contributed by atoms with Crippen LogP contribution in [0.15, 0.2) is 16.7 Å². The first-order valence-corrected chi connectivity index (χ1v) is 3.89. The molecule has 0 aliphatic carbocycles. The van der Waals surface area contributed by atoms with Crippen molar-refractivity contribution in [3.63, 3.8) is 0 Å². The van der Waals surface area contributed by atoms with Gasteiger partial charge in [-0.2, -0.15) is 0 Å². The molecule has 0 unspecified atom stereocenters. The molecule has 0 aliphatic rings. The minimum Gasteiger partial charge on any atom is -0.422 e. The molecule has 1 rings (SSSR count). The summed E-state index contributed by atoms with van der Waals surface area (Å²) in [4.78, 5) is 3.81. The van der Waals surface area contributed by atoms with Crippen LogP contribution >= 0.6 is 15.9 Å². The summed E-state index contributed by atoms with van der Waals surface area (Å²) in [6, 6.07) is 1.75.